The number of ketones is 1. The van der Waals surface area contributed by atoms with Gasteiger partial charge in [0.2, 0.25) is 0 Å². The molecule has 1 heterocycles. The lowest BCUT2D eigenvalue weighted by molar-refractivity contribution is -0.121. The number of hydrogen-bond acceptors (Lipinski definition) is 5. The van der Waals surface area contributed by atoms with E-state index in [0.29, 0.717) is 23.0 Å². The van der Waals surface area contributed by atoms with Crippen LogP contribution in [-0.2, 0) is 22.6 Å². The van der Waals surface area contributed by atoms with E-state index in [4.69, 9.17) is 4.74 Å². The van der Waals surface area contributed by atoms with E-state index in [2.05, 4.69) is 10.3 Å². The fourth-order valence-electron chi connectivity index (χ4n) is 2.31. The third kappa shape index (κ3) is 3.58. The number of nitrogens with zero attached hydrogens (tertiary/aromatic N) is 1. The number of rotatable bonds is 5. The van der Waals surface area contributed by atoms with Gasteiger partial charge in [0.15, 0.2) is 10.9 Å². The van der Waals surface area contributed by atoms with E-state index in [9.17, 15) is 9.59 Å². The zero-order chi connectivity index (χ0) is 15.4. The highest BCUT2D eigenvalue weighted by Gasteiger charge is 2.22. The zero-order valence-electron chi connectivity index (χ0n) is 12.0. The van der Waals surface area contributed by atoms with Crippen molar-refractivity contribution in [2.75, 3.05) is 11.9 Å². The van der Waals surface area contributed by atoms with Crippen LogP contribution >= 0.6 is 11.3 Å². The van der Waals surface area contributed by atoms with Gasteiger partial charge in [0.25, 0.3) is 5.91 Å². The molecule has 0 radical (unpaired) electrons. The molecule has 1 aliphatic carbocycles. The Labute approximate surface area is 132 Å². The van der Waals surface area contributed by atoms with Crippen LogP contribution in [-0.4, -0.2) is 23.3 Å². The minimum Gasteiger partial charge on any atom is -0.367 e. The standard InChI is InChI=1S/C16H16N2O3S/c19-13-8-4-7-12-15(13)22-16(17-12)18-14(20)10-21-9-11-5-2-1-3-6-11/h1-3,5-6H,4,7-10H2,(H,17,18,20). The summed E-state index contributed by atoms with van der Waals surface area (Å²) in [7, 11) is 0. The number of aromatic nitrogens is 1. The Kier molecular flexibility index (Phi) is 4.60. The molecule has 0 spiro atoms. The summed E-state index contributed by atoms with van der Waals surface area (Å²) < 4.78 is 5.37. The van der Waals surface area contributed by atoms with Gasteiger partial charge >= 0.3 is 0 Å². The van der Waals surface area contributed by atoms with E-state index >= 15 is 0 Å². The summed E-state index contributed by atoms with van der Waals surface area (Å²) in [6.07, 6.45) is 2.21. The number of thiazole rings is 1. The van der Waals surface area contributed by atoms with Gasteiger partial charge < -0.3 is 4.74 Å². The molecule has 0 saturated carbocycles. The Morgan fingerprint density at radius 2 is 2.09 bits per heavy atom. The van der Waals surface area contributed by atoms with Crippen molar-refractivity contribution in [3.05, 3.63) is 46.5 Å². The minimum absolute atomic E-state index is 0.0346. The molecule has 1 aliphatic rings. The zero-order valence-corrected chi connectivity index (χ0v) is 12.8. The van der Waals surface area contributed by atoms with Crippen LogP contribution < -0.4 is 5.32 Å². The van der Waals surface area contributed by atoms with Crippen molar-refractivity contribution < 1.29 is 14.3 Å². The van der Waals surface area contributed by atoms with E-state index in [0.717, 1.165) is 24.1 Å². The normalized spacial score (nSPS) is 13.7. The number of Topliss-reactive ketones (excluding diaryl/α,β-unsaturated/α-hetero) is 1. The van der Waals surface area contributed by atoms with Crippen LogP contribution in [0.2, 0.25) is 0 Å². The maximum atomic E-state index is 11.8. The van der Waals surface area contributed by atoms with Gasteiger partial charge in [-0.25, -0.2) is 4.98 Å². The third-order valence-corrected chi connectivity index (χ3v) is 4.41. The molecule has 6 heteroatoms. The van der Waals surface area contributed by atoms with E-state index in [1.54, 1.807) is 0 Å². The highest BCUT2D eigenvalue weighted by Crippen LogP contribution is 2.29. The molecule has 1 aromatic heterocycles. The molecule has 0 saturated heterocycles. The lowest BCUT2D eigenvalue weighted by Crippen LogP contribution is -2.18. The molecule has 114 valence electrons. The first-order valence-corrected chi connectivity index (χ1v) is 7.98. The van der Waals surface area contributed by atoms with Crippen molar-refractivity contribution in [1.82, 2.24) is 4.98 Å². The number of fused-ring (bicyclic) bond motifs is 1. The van der Waals surface area contributed by atoms with Gasteiger partial charge in [0.1, 0.15) is 6.61 Å². The number of benzene rings is 1. The van der Waals surface area contributed by atoms with Crippen LogP contribution in [0.1, 0.15) is 33.8 Å². The SMILES string of the molecule is O=C(COCc1ccccc1)Nc1nc2c(s1)C(=O)CCC2. The Hall–Kier alpha value is -2.05. The van der Waals surface area contributed by atoms with Crippen molar-refractivity contribution in [3.63, 3.8) is 0 Å². The Bertz CT molecular complexity index is 682. The number of carbonyl (C=O) groups excluding carboxylic acids is 2. The average Bonchev–Trinajstić information content (AvgIpc) is 2.92. The largest absolute Gasteiger partial charge is 0.367 e. The Morgan fingerprint density at radius 3 is 2.86 bits per heavy atom. The second kappa shape index (κ2) is 6.81. The summed E-state index contributed by atoms with van der Waals surface area (Å²) in [5.74, 6) is -0.131. The summed E-state index contributed by atoms with van der Waals surface area (Å²) in [5, 5.41) is 3.18. The maximum absolute atomic E-state index is 11.8. The second-order valence-electron chi connectivity index (χ2n) is 5.10. The molecule has 1 aromatic carbocycles. The van der Waals surface area contributed by atoms with Crippen LogP contribution in [0.25, 0.3) is 0 Å². The van der Waals surface area contributed by atoms with Gasteiger partial charge in [-0.05, 0) is 18.4 Å². The average molecular weight is 316 g/mol. The van der Waals surface area contributed by atoms with Gasteiger partial charge in [-0.2, -0.15) is 0 Å². The number of nitrogens with one attached hydrogen (secondary N) is 1. The van der Waals surface area contributed by atoms with Crippen LogP contribution in [0.5, 0.6) is 0 Å². The van der Waals surface area contributed by atoms with Crippen LogP contribution in [0.3, 0.4) is 0 Å². The van der Waals surface area contributed by atoms with Gasteiger partial charge in [0, 0.05) is 6.42 Å². The van der Waals surface area contributed by atoms with Crippen molar-refractivity contribution in [2.45, 2.75) is 25.9 Å². The minimum atomic E-state index is -0.255. The number of anilines is 1. The molecule has 22 heavy (non-hydrogen) atoms. The fourth-order valence-corrected chi connectivity index (χ4v) is 3.31. The predicted octanol–water partition coefficient (Wildman–Crippen LogP) is 2.82. The number of aryl methyl sites for hydroxylation is 1. The summed E-state index contributed by atoms with van der Waals surface area (Å²) in [4.78, 5) is 28.6. The number of carbonyl (C=O) groups is 2. The molecular formula is C16H16N2O3S. The second-order valence-corrected chi connectivity index (χ2v) is 6.10. The van der Waals surface area contributed by atoms with Crippen molar-refractivity contribution in [2.24, 2.45) is 0 Å². The molecule has 2 aromatic rings. The highest BCUT2D eigenvalue weighted by atomic mass is 32.1. The summed E-state index contributed by atoms with van der Waals surface area (Å²) in [5.41, 5.74) is 1.83. The Balaban J connectivity index is 1.51. The number of ether oxygens (including phenoxy) is 1. The van der Waals surface area contributed by atoms with E-state index in [1.807, 2.05) is 30.3 Å². The smallest absolute Gasteiger partial charge is 0.252 e. The van der Waals surface area contributed by atoms with Gasteiger partial charge in [-0.15, -0.1) is 0 Å². The third-order valence-electron chi connectivity index (χ3n) is 3.36. The highest BCUT2D eigenvalue weighted by molar-refractivity contribution is 7.17. The van der Waals surface area contributed by atoms with E-state index < -0.39 is 0 Å². The predicted molar refractivity (Wildman–Crippen MR) is 84.1 cm³/mol. The quantitative estimate of drug-likeness (QED) is 0.921. The van der Waals surface area contributed by atoms with Crippen molar-refractivity contribution in [3.8, 4) is 0 Å². The first-order chi connectivity index (χ1) is 10.7. The molecule has 0 unspecified atom stereocenters. The van der Waals surface area contributed by atoms with Gasteiger partial charge in [-0.1, -0.05) is 41.7 Å². The monoisotopic (exact) mass is 316 g/mol. The lowest BCUT2D eigenvalue weighted by Gasteiger charge is -2.05. The fraction of sp³-hybridized carbons (Fsp3) is 0.312. The topological polar surface area (TPSA) is 68.3 Å². The lowest BCUT2D eigenvalue weighted by atomic mass is 10.0. The molecule has 0 fully saturated rings. The molecule has 1 amide bonds. The molecule has 1 N–H and O–H groups in total. The first-order valence-electron chi connectivity index (χ1n) is 7.17. The van der Waals surface area contributed by atoms with Gasteiger partial charge in [0.05, 0.1) is 17.2 Å². The van der Waals surface area contributed by atoms with E-state index in [-0.39, 0.29) is 18.3 Å². The molecule has 0 bridgehead atoms. The van der Waals surface area contributed by atoms with Crippen molar-refractivity contribution >= 4 is 28.2 Å². The number of amides is 1. The molecule has 3 rings (SSSR count). The Morgan fingerprint density at radius 1 is 1.27 bits per heavy atom. The molecule has 5 nitrogen and oxygen atoms in total. The van der Waals surface area contributed by atoms with Crippen LogP contribution in [0, 0.1) is 0 Å². The molecule has 0 atom stereocenters. The van der Waals surface area contributed by atoms with E-state index in [1.165, 1.54) is 11.3 Å². The molecular weight excluding hydrogens is 300 g/mol. The van der Waals surface area contributed by atoms with Crippen molar-refractivity contribution in [1.29, 1.82) is 0 Å². The summed E-state index contributed by atoms with van der Waals surface area (Å²) in [6, 6.07) is 9.67. The first kappa shape index (κ1) is 14.9. The van der Waals surface area contributed by atoms with Crippen LogP contribution in [0.15, 0.2) is 30.3 Å². The van der Waals surface area contributed by atoms with Gasteiger partial charge in [-0.3, -0.25) is 14.9 Å². The maximum Gasteiger partial charge on any atom is 0.252 e. The van der Waals surface area contributed by atoms with Crippen LogP contribution in [0.4, 0.5) is 5.13 Å². The number of hydrogen-bond donors (Lipinski definition) is 1. The summed E-state index contributed by atoms with van der Waals surface area (Å²) in [6.45, 7) is 0.355. The summed E-state index contributed by atoms with van der Waals surface area (Å²) >= 11 is 1.25. The molecule has 0 aliphatic heterocycles.